The van der Waals surface area contributed by atoms with Gasteiger partial charge < -0.3 is 9.09 Å². The van der Waals surface area contributed by atoms with E-state index in [1.807, 2.05) is 6.92 Å². The fourth-order valence-electron chi connectivity index (χ4n) is 5.30. The van der Waals surface area contributed by atoms with E-state index >= 15 is 0 Å². The minimum Gasteiger partial charge on any atom is -0.339 e. The van der Waals surface area contributed by atoms with E-state index in [1.54, 1.807) is 0 Å². The summed E-state index contributed by atoms with van der Waals surface area (Å²) in [5.74, 6) is 1.29. The smallest absolute Gasteiger partial charge is 0.223 e. The second-order valence-electron chi connectivity index (χ2n) is 7.96. The Kier molecular flexibility index (Phi) is 3.60. The summed E-state index contributed by atoms with van der Waals surface area (Å²) in [6.45, 7) is 7.56. The van der Waals surface area contributed by atoms with Crippen LogP contribution in [0.1, 0.15) is 55.7 Å². The van der Waals surface area contributed by atoms with Crippen molar-refractivity contribution in [3.8, 4) is 0 Å². The van der Waals surface area contributed by atoms with Gasteiger partial charge in [-0.05, 0) is 44.0 Å². The van der Waals surface area contributed by atoms with Crippen LogP contribution in [0.25, 0.3) is 16.6 Å². The number of likely N-dealkylation sites (N-methyl/N-ethyl adjacent to an activating group) is 1. The fraction of sp³-hybridized carbons (Fsp3) is 0.455. The van der Waals surface area contributed by atoms with Crippen LogP contribution in [-0.2, 0) is 6.42 Å². The van der Waals surface area contributed by atoms with E-state index in [0.29, 0.717) is 17.8 Å². The Morgan fingerprint density at radius 2 is 2.00 bits per heavy atom. The van der Waals surface area contributed by atoms with Gasteiger partial charge in [-0.3, -0.25) is 4.90 Å². The lowest BCUT2D eigenvalue weighted by Crippen LogP contribution is -2.45. The second kappa shape index (κ2) is 5.80. The summed E-state index contributed by atoms with van der Waals surface area (Å²) >= 11 is 0. The van der Waals surface area contributed by atoms with Gasteiger partial charge in [-0.1, -0.05) is 37.2 Å². The van der Waals surface area contributed by atoms with Crippen molar-refractivity contribution in [2.45, 2.75) is 46.1 Å². The molecule has 0 N–H and O–H groups in total. The standard InChI is InChI=1S/C22H26N4O/c1-5-22(6-2)13-18(21-23-14(3)27-24-21)26-17-10-8-7-9-15(17)16-11-12-25(4)20(22)19(16)26/h7-10,13,20H,5-6,11-12H2,1-4H3/t20-/m1/s1. The Labute approximate surface area is 159 Å². The van der Waals surface area contributed by atoms with Gasteiger partial charge in [-0.15, -0.1) is 0 Å². The molecule has 2 aliphatic heterocycles. The maximum absolute atomic E-state index is 5.35. The zero-order chi connectivity index (χ0) is 18.8. The second-order valence-corrected chi connectivity index (χ2v) is 7.96. The number of aryl methyl sites for hydroxylation is 1. The highest BCUT2D eigenvalue weighted by Crippen LogP contribution is 2.54. The van der Waals surface area contributed by atoms with Gasteiger partial charge in [0, 0.05) is 30.0 Å². The Bertz CT molecular complexity index is 1050. The summed E-state index contributed by atoms with van der Waals surface area (Å²) in [6.07, 6.45) is 5.67. The van der Waals surface area contributed by atoms with E-state index in [9.17, 15) is 0 Å². The van der Waals surface area contributed by atoms with Gasteiger partial charge in [-0.25, -0.2) is 0 Å². The van der Waals surface area contributed by atoms with Crippen molar-refractivity contribution in [1.29, 1.82) is 0 Å². The quantitative estimate of drug-likeness (QED) is 0.685. The molecule has 0 fully saturated rings. The lowest BCUT2D eigenvalue weighted by atomic mass is 9.69. The van der Waals surface area contributed by atoms with Crippen LogP contribution in [0.2, 0.25) is 0 Å². The molecule has 140 valence electrons. The van der Waals surface area contributed by atoms with Crippen molar-refractivity contribution in [2.24, 2.45) is 5.41 Å². The normalized spacial score (nSPS) is 21.3. The van der Waals surface area contributed by atoms with Crippen LogP contribution >= 0.6 is 0 Å². The van der Waals surface area contributed by atoms with Gasteiger partial charge in [0.05, 0.1) is 17.3 Å². The maximum Gasteiger partial charge on any atom is 0.223 e. The van der Waals surface area contributed by atoms with Gasteiger partial charge in [0.1, 0.15) is 0 Å². The Hall–Kier alpha value is -2.40. The molecule has 0 spiro atoms. The molecule has 0 unspecified atom stereocenters. The zero-order valence-electron chi connectivity index (χ0n) is 16.5. The minimum atomic E-state index is 0.0676. The first-order valence-electron chi connectivity index (χ1n) is 9.96. The van der Waals surface area contributed by atoms with Gasteiger partial charge in [0.2, 0.25) is 11.7 Å². The average molecular weight is 362 g/mol. The molecule has 0 bridgehead atoms. The molecule has 0 saturated carbocycles. The number of para-hydroxylation sites is 1. The topological polar surface area (TPSA) is 47.1 Å². The Morgan fingerprint density at radius 1 is 1.22 bits per heavy atom. The lowest BCUT2D eigenvalue weighted by molar-refractivity contribution is 0.0941. The van der Waals surface area contributed by atoms with Crippen LogP contribution < -0.4 is 0 Å². The largest absolute Gasteiger partial charge is 0.339 e. The molecule has 0 amide bonds. The lowest BCUT2D eigenvalue weighted by Gasteiger charge is -2.48. The summed E-state index contributed by atoms with van der Waals surface area (Å²) in [7, 11) is 2.27. The van der Waals surface area contributed by atoms with E-state index in [-0.39, 0.29) is 5.41 Å². The number of hydrogen-bond acceptors (Lipinski definition) is 4. The van der Waals surface area contributed by atoms with Crippen LogP contribution in [0.15, 0.2) is 34.9 Å². The van der Waals surface area contributed by atoms with Crippen molar-refractivity contribution in [3.63, 3.8) is 0 Å². The zero-order valence-corrected chi connectivity index (χ0v) is 16.5. The summed E-state index contributed by atoms with van der Waals surface area (Å²) in [6, 6.07) is 9.12. The molecule has 4 heterocycles. The molecule has 2 aromatic heterocycles. The van der Waals surface area contributed by atoms with E-state index in [1.165, 1.54) is 22.2 Å². The number of hydrogen-bond donors (Lipinski definition) is 0. The summed E-state index contributed by atoms with van der Waals surface area (Å²) in [5.41, 5.74) is 5.30. The molecule has 5 heteroatoms. The molecule has 1 aromatic carbocycles. The highest BCUT2D eigenvalue weighted by atomic mass is 16.5. The van der Waals surface area contributed by atoms with Crippen molar-refractivity contribution >= 4 is 16.6 Å². The SMILES string of the molecule is CCC1(CC)C=C(c2noc(C)n2)n2c3c(c4ccccc42)CCN(C)[C@H]31. The maximum atomic E-state index is 5.35. The van der Waals surface area contributed by atoms with Gasteiger partial charge in [-0.2, -0.15) is 4.98 Å². The monoisotopic (exact) mass is 362 g/mol. The van der Waals surface area contributed by atoms with Crippen LogP contribution in [0.4, 0.5) is 0 Å². The van der Waals surface area contributed by atoms with E-state index in [4.69, 9.17) is 4.52 Å². The molecule has 3 aromatic rings. The van der Waals surface area contributed by atoms with E-state index in [2.05, 4.69) is 70.8 Å². The third-order valence-corrected chi connectivity index (χ3v) is 6.72. The molecular formula is C22H26N4O. The third kappa shape index (κ3) is 2.15. The number of rotatable bonds is 3. The molecule has 27 heavy (non-hydrogen) atoms. The first kappa shape index (κ1) is 16.8. The molecular weight excluding hydrogens is 336 g/mol. The molecule has 5 nitrogen and oxygen atoms in total. The van der Waals surface area contributed by atoms with Crippen LogP contribution in [0.3, 0.4) is 0 Å². The summed E-state index contributed by atoms with van der Waals surface area (Å²) in [5, 5.41) is 5.65. The third-order valence-electron chi connectivity index (χ3n) is 6.72. The molecule has 0 radical (unpaired) electrons. The number of aromatic nitrogens is 3. The van der Waals surface area contributed by atoms with E-state index in [0.717, 1.165) is 31.5 Å². The van der Waals surface area contributed by atoms with Crippen LogP contribution in [0, 0.1) is 12.3 Å². The van der Waals surface area contributed by atoms with Crippen LogP contribution in [0.5, 0.6) is 0 Å². The molecule has 5 rings (SSSR count). The highest BCUT2D eigenvalue weighted by molar-refractivity contribution is 5.91. The Morgan fingerprint density at radius 3 is 2.70 bits per heavy atom. The van der Waals surface area contributed by atoms with E-state index < -0.39 is 0 Å². The first-order chi connectivity index (χ1) is 13.1. The molecule has 2 aliphatic rings. The summed E-state index contributed by atoms with van der Waals surface area (Å²) in [4.78, 5) is 7.13. The van der Waals surface area contributed by atoms with Gasteiger partial charge in [0.15, 0.2) is 0 Å². The van der Waals surface area contributed by atoms with Gasteiger partial charge >= 0.3 is 0 Å². The van der Waals surface area contributed by atoms with Gasteiger partial charge in [0.25, 0.3) is 0 Å². The van der Waals surface area contributed by atoms with Crippen molar-refractivity contribution in [2.75, 3.05) is 13.6 Å². The average Bonchev–Trinajstić information content (AvgIpc) is 3.27. The summed E-state index contributed by atoms with van der Waals surface area (Å²) < 4.78 is 7.75. The molecule has 0 saturated heterocycles. The molecule has 1 atom stereocenters. The number of fused-ring (bicyclic) bond motifs is 3. The predicted octanol–water partition coefficient (Wildman–Crippen LogP) is 4.57. The Balaban J connectivity index is 1.91. The van der Waals surface area contributed by atoms with Crippen molar-refractivity contribution in [1.82, 2.24) is 19.6 Å². The predicted molar refractivity (Wildman–Crippen MR) is 106 cm³/mol. The van der Waals surface area contributed by atoms with Crippen molar-refractivity contribution in [3.05, 3.63) is 53.3 Å². The number of benzene rings is 1. The first-order valence-corrected chi connectivity index (χ1v) is 9.96. The fourth-order valence-corrected chi connectivity index (χ4v) is 5.30. The van der Waals surface area contributed by atoms with Crippen molar-refractivity contribution < 1.29 is 4.52 Å². The number of nitrogens with zero attached hydrogens (tertiary/aromatic N) is 4. The minimum absolute atomic E-state index is 0.0676. The molecule has 0 aliphatic carbocycles. The van der Waals surface area contributed by atoms with Crippen LogP contribution in [-0.4, -0.2) is 33.2 Å². The highest BCUT2D eigenvalue weighted by Gasteiger charge is 2.47.